The largest absolute Gasteiger partial charge is 0.252 e. The quantitative estimate of drug-likeness (QED) is 0.639. The lowest BCUT2D eigenvalue weighted by atomic mass is 10.7. The molecule has 0 unspecified atom stereocenters. The Bertz CT molecular complexity index is 379. The van der Waals surface area contributed by atoms with Gasteiger partial charge in [0.25, 0.3) is 0 Å². The minimum Gasteiger partial charge on any atom is -0.252 e. The van der Waals surface area contributed by atoms with Gasteiger partial charge in [-0.3, -0.25) is 4.68 Å². The molecule has 0 aliphatic carbocycles. The Balaban J connectivity index is 2.97. The maximum absolute atomic E-state index is 10.9. The van der Waals surface area contributed by atoms with E-state index in [1.54, 1.807) is 14.0 Å². The molecule has 6 heteroatoms. The average Bonchev–Trinajstić information content (AvgIpc) is 2.06. The van der Waals surface area contributed by atoms with Crippen LogP contribution in [0.25, 0.3) is 0 Å². The molecule has 0 bridgehead atoms. The summed E-state index contributed by atoms with van der Waals surface area (Å²) in [6.45, 7) is 1.73. The van der Waals surface area contributed by atoms with Gasteiger partial charge in [-0.15, -0.1) is 0 Å². The van der Waals surface area contributed by atoms with E-state index in [0.29, 0.717) is 11.6 Å². The molecule has 0 aliphatic rings. The first-order valence-electron chi connectivity index (χ1n) is 3.43. The van der Waals surface area contributed by atoms with Crippen molar-refractivity contribution in [3.8, 4) is 0 Å². The van der Waals surface area contributed by atoms with Gasteiger partial charge in [-0.1, -0.05) is 0 Å². The summed E-state index contributed by atoms with van der Waals surface area (Å²) in [6, 6.07) is 0. The Morgan fingerprint density at radius 2 is 2.08 bits per heavy atom. The molecule has 1 aromatic heterocycles. The monoisotopic (exact) mass is 189 g/mol. The minimum atomic E-state index is -3.01. The zero-order valence-electron chi connectivity index (χ0n) is 7.27. The number of rotatable bonds is 2. The Morgan fingerprint density at radius 1 is 1.50 bits per heavy atom. The van der Waals surface area contributed by atoms with Gasteiger partial charge in [0.1, 0.15) is 17.4 Å². The Morgan fingerprint density at radius 3 is 2.42 bits per heavy atom. The molecule has 12 heavy (non-hydrogen) atoms. The molecule has 0 amide bonds. The lowest BCUT2D eigenvalue weighted by molar-refractivity contribution is 0.596. The number of hydrogen-bond acceptors (Lipinski definition) is 4. The van der Waals surface area contributed by atoms with E-state index in [1.165, 1.54) is 10.9 Å². The lowest BCUT2D eigenvalue weighted by Gasteiger charge is -1.96. The molecule has 5 nitrogen and oxygen atoms in total. The van der Waals surface area contributed by atoms with Gasteiger partial charge < -0.3 is 0 Å². The molecule has 0 fully saturated rings. The van der Waals surface area contributed by atoms with E-state index in [1.807, 2.05) is 0 Å². The van der Waals surface area contributed by atoms with E-state index < -0.39 is 9.84 Å². The third kappa shape index (κ3) is 2.30. The van der Waals surface area contributed by atoms with Gasteiger partial charge in [0.05, 0.1) is 0 Å². The molecular formula is C6H11N3O2S. The third-order valence-corrected chi connectivity index (χ3v) is 2.13. The first-order valence-corrected chi connectivity index (χ1v) is 5.49. The first kappa shape index (κ1) is 9.18. The summed E-state index contributed by atoms with van der Waals surface area (Å²) in [5, 5.41) is 3.94. The summed E-state index contributed by atoms with van der Waals surface area (Å²) in [6.07, 6.45) is 1.18. The van der Waals surface area contributed by atoms with Crippen molar-refractivity contribution in [2.45, 2.75) is 12.7 Å². The van der Waals surface area contributed by atoms with Crippen LogP contribution in [0.5, 0.6) is 0 Å². The van der Waals surface area contributed by atoms with Crippen LogP contribution in [-0.2, 0) is 22.6 Å². The van der Waals surface area contributed by atoms with Crippen LogP contribution in [0.2, 0.25) is 0 Å². The highest BCUT2D eigenvalue weighted by Gasteiger charge is 2.10. The fourth-order valence-corrected chi connectivity index (χ4v) is 1.64. The van der Waals surface area contributed by atoms with Crippen molar-refractivity contribution in [3.05, 3.63) is 11.6 Å². The molecule has 0 aromatic carbocycles. The van der Waals surface area contributed by atoms with Crippen molar-refractivity contribution in [3.63, 3.8) is 0 Å². The molecule has 0 saturated carbocycles. The highest BCUT2D eigenvalue weighted by atomic mass is 32.2. The number of aryl methyl sites for hydroxylation is 2. The van der Waals surface area contributed by atoms with Gasteiger partial charge in [0.15, 0.2) is 9.84 Å². The van der Waals surface area contributed by atoms with Crippen molar-refractivity contribution < 1.29 is 8.42 Å². The molecule has 0 radical (unpaired) electrons. The highest BCUT2D eigenvalue weighted by molar-refractivity contribution is 7.89. The molecule has 0 atom stereocenters. The van der Waals surface area contributed by atoms with Gasteiger partial charge in [0, 0.05) is 13.3 Å². The van der Waals surface area contributed by atoms with Gasteiger partial charge in [-0.25, -0.2) is 13.4 Å². The van der Waals surface area contributed by atoms with Crippen LogP contribution < -0.4 is 0 Å². The molecule has 1 rings (SSSR count). The predicted octanol–water partition coefficient (Wildman–Crippen LogP) is -0.332. The summed E-state index contributed by atoms with van der Waals surface area (Å²) >= 11 is 0. The maximum atomic E-state index is 10.9. The SMILES string of the molecule is Cc1nc(CS(C)(=O)=O)n(C)n1. The molecule has 0 saturated heterocycles. The Labute approximate surface area is 71.3 Å². The Hall–Kier alpha value is -0.910. The topological polar surface area (TPSA) is 64.8 Å². The van der Waals surface area contributed by atoms with Crippen molar-refractivity contribution in [1.82, 2.24) is 14.8 Å². The van der Waals surface area contributed by atoms with Crippen molar-refractivity contribution in [2.75, 3.05) is 6.26 Å². The van der Waals surface area contributed by atoms with E-state index in [9.17, 15) is 8.42 Å². The summed E-state index contributed by atoms with van der Waals surface area (Å²) in [5.41, 5.74) is 0. The number of hydrogen-bond donors (Lipinski definition) is 0. The van der Waals surface area contributed by atoms with E-state index in [4.69, 9.17) is 0 Å². The second-order valence-electron chi connectivity index (χ2n) is 2.77. The van der Waals surface area contributed by atoms with Crippen molar-refractivity contribution >= 4 is 9.84 Å². The normalized spacial score (nSPS) is 11.9. The highest BCUT2D eigenvalue weighted by Crippen LogP contribution is 2.00. The lowest BCUT2D eigenvalue weighted by Crippen LogP contribution is -2.07. The summed E-state index contributed by atoms with van der Waals surface area (Å²) in [5.74, 6) is 1.02. The van der Waals surface area contributed by atoms with Gasteiger partial charge in [0.2, 0.25) is 0 Å². The average molecular weight is 189 g/mol. The van der Waals surface area contributed by atoms with Crippen molar-refractivity contribution in [2.24, 2.45) is 7.05 Å². The maximum Gasteiger partial charge on any atom is 0.154 e. The Kier molecular flexibility index (Phi) is 2.18. The summed E-state index contributed by atoms with van der Waals surface area (Å²) in [7, 11) is -1.33. The standard InChI is InChI=1S/C6H11N3O2S/c1-5-7-6(9(2)8-5)4-12(3,10)11/h4H2,1-3H3. The predicted molar refractivity (Wildman–Crippen MR) is 44.3 cm³/mol. The van der Waals surface area contributed by atoms with Gasteiger partial charge in [-0.05, 0) is 6.92 Å². The molecule has 0 spiro atoms. The van der Waals surface area contributed by atoms with Crippen LogP contribution in [0.3, 0.4) is 0 Å². The van der Waals surface area contributed by atoms with E-state index in [0.717, 1.165) is 0 Å². The number of aromatic nitrogens is 3. The van der Waals surface area contributed by atoms with Crippen LogP contribution >= 0.6 is 0 Å². The smallest absolute Gasteiger partial charge is 0.154 e. The third-order valence-electron chi connectivity index (χ3n) is 1.35. The second kappa shape index (κ2) is 2.85. The zero-order valence-corrected chi connectivity index (χ0v) is 8.09. The van der Waals surface area contributed by atoms with Gasteiger partial charge >= 0.3 is 0 Å². The van der Waals surface area contributed by atoms with E-state index >= 15 is 0 Å². The van der Waals surface area contributed by atoms with Crippen molar-refractivity contribution in [1.29, 1.82) is 0 Å². The van der Waals surface area contributed by atoms with Crippen LogP contribution in [0, 0.1) is 6.92 Å². The van der Waals surface area contributed by atoms with Crippen LogP contribution in [0.15, 0.2) is 0 Å². The molecule has 1 heterocycles. The molecule has 1 aromatic rings. The number of nitrogens with zero attached hydrogens (tertiary/aromatic N) is 3. The second-order valence-corrected chi connectivity index (χ2v) is 4.91. The van der Waals surface area contributed by atoms with E-state index in [-0.39, 0.29) is 5.75 Å². The van der Waals surface area contributed by atoms with Gasteiger partial charge in [-0.2, -0.15) is 5.10 Å². The molecule has 68 valence electrons. The van der Waals surface area contributed by atoms with Crippen LogP contribution in [0.4, 0.5) is 0 Å². The fourth-order valence-electron chi connectivity index (χ4n) is 0.916. The van der Waals surface area contributed by atoms with Crippen LogP contribution in [-0.4, -0.2) is 29.4 Å². The number of sulfone groups is 1. The molecule has 0 aliphatic heterocycles. The summed E-state index contributed by atoms with van der Waals surface area (Å²) < 4.78 is 23.2. The zero-order chi connectivity index (χ0) is 9.35. The summed E-state index contributed by atoms with van der Waals surface area (Å²) in [4.78, 5) is 3.97. The van der Waals surface area contributed by atoms with Crippen LogP contribution in [0.1, 0.15) is 11.6 Å². The minimum absolute atomic E-state index is 0.0513. The molecule has 0 N–H and O–H groups in total. The molecular weight excluding hydrogens is 178 g/mol. The first-order chi connectivity index (χ1) is 5.38. The van der Waals surface area contributed by atoms with E-state index in [2.05, 4.69) is 10.1 Å². The fraction of sp³-hybridized carbons (Fsp3) is 0.667.